The zero-order chi connectivity index (χ0) is 19.9. The highest BCUT2D eigenvalue weighted by molar-refractivity contribution is 9.10. The van der Waals surface area contributed by atoms with Crippen molar-refractivity contribution in [2.45, 2.75) is 6.92 Å². The Labute approximate surface area is 174 Å². The van der Waals surface area contributed by atoms with E-state index in [0.717, 1.165) is 15.7 Å². The maximum atomic E-state index is 12.2. The highest BCUT2D eigenvalue weighted by atomic mass is 79.9. The molecule has 0 spiro atoms. The first kappa shape index (κ1) is 20.0. The van der Waals surface area contributed by atoms with Crippen LogP contribution in [0.1, 0.15) is 17.3 Å². The van der Waals surface area contributed by atoms with Gasteiger partial charge in [-0.15, -0.1) is 11.3 Å². The number of benzene rings is 2. The molecule has 144 valence electrons. The minimum absolute atomic E-state index is 0.281. The summed E-state index contributed by atoms with van der Waals surface area (Å²) in [6.07, 6.45) is 0. The molecular formula is C20H17BrN2O4S. The summed E-state index contributed by atoms with van der Waals surface area (Å²) in [4.78, 5) is 28.7. The Balaban J connectivity index is 1.57. The van der Waals surface area contributed by atoms with Crippen LogP contribution >= 0.6 is 27.3 Å². The lowest BCUT2D eigenvalue weighted by Crippen LogP contribution is -2.21. The molecule has 3 aromatic rings. The summed E-state index contributed by atoms with van der Waals surface area (Å²) < 4.78 is 11.4. The van der Waals surface area contributed by atoms with E-state index < -0.39 is 18.5 Å². The summed E-state index contributed by atoms with van der Waals surface area (Å²) in [7, 11) is 0. The van der Waals surface area contributed by atoms with Gasteiger partial charge in [-0.25, -0.2) is 9.78 Å². The number of halogens is 1. The number of anilines is 1. The van der Waals surface area contributed by atoms with Gasteiger partial charge in [0.25, 0.3) is 5.91 Å². The fourth-order valence-corrected chi connectivity index (χ4v) is 3.53. The Morgan fingerprint density at radius 1 is 1.18 bits per heavy atom. The van der Waals surface area contributed by atoms with Crippen LogP contribution < -0.4 is 10.1 Å². The topological polar surface area (TPSA) is 77.5 Å². The van der Waals surface area contributed by atoms with Crippen molar-refractivity contribution in [3.63, 3.8) is 0 Å². The van der Waals surface area contributed by atoms with E-state index in [9.17, 15) is 9.59 Å². The van der Waals surface area contributed by atoms with Gasteiger partial charge in [0.2, 0.25) is 0 Å². The largest absolute Gasteiger partial charge is 0.493 e. The van der Waals surface area contributed by atoms with Gasteiger partial charge in [-0.2, -0.15) is 0 Å². The lowest BCUT2D eigenvalue weighted by molar-refractivity contribution is -0.119. The number of aromatic nitrogens is 1. The Morgan fingerprint density at radius 3 is 2.79 bits per heavy atom. The molecule has 0 fully saturated rings. The second-order valence-electron chi connectivity index (χ2n) is 5.60. The number of nitrogens with one attached hydrogen (secondary N) is 1. The Kier molecular flexibility index (Phi) is 6.78. The summed E-state index contributed by atoms with van der Waals surface area (Å²) in [6, 6.07) is 14.5. The maximum Gasteiger partial charge on any atom is 0.342 e. The normalized spacial score (nSPS) is 10.4. The first-order chi connectivity index (χ1) is 13.6. The molecule has 0 aliphatic rings. The second-order valence-corrected chi connectivity index (χ2v) is 7.38. The van der Waals surface area contributed by atoms with Crippen LogP contribution in [0.25, 0.3) is 11.3 Å². The van der Waals surface area contributed by atoms with Crippen molar-refractivity contribution in [1.82, 2.24) is 4.98 Å². The number of carbonyl (C=O) groups excluding carboxylic acids is 2. The summed E-state index contributed by atoms with van der Waals surface area (Å²) in [5.74, 6) is -0.653. The molecule has 0 aliphatic carbocycles. The molecule has 2 aromatic carbocycles. The molecule has 0 radical (unpaired) electrons. The lowest BCUT2D eigenvalue weighted by Gasteiger charge is -2.09. The molecule has 1 aromatic heterocycles. The third-order valence-electron chi connectivity index (χ3n) is 3.61. The Morgan fingerprint density at radius 2 is 2.00 bits per heavy atom. The van der Waals surface area contributed by atoms with Crippen LogP contribution in [0.15, 0.2) is 58.4 Å². The molecule has 3 rings (SSSR count). The highest BCUT2D eigenvalue weighted by Gasteiger charge is 2.16. The van der Waals surface area contributed by atoms with Crippen LogP contribution in [0.4, 0.5) is 5.13 Å². The second kappa shape index (κ2) is 9.48. The number of ether oxygens (including phenoxy) is 2. The van der Waals surface area contributed by atoms with Crippen molar-refractivity contribution in [1.29, 1.82) is 0 Å². The molecule has 1 N–H and O–H groups in total. The molecule has 8 heteroatoms. The van der Waals surface area contributed by atoms with Crippen molar-refractivity contribution < 1.29 is 19.1 Å². The van der Waals surface area contributed by atoms with Crippen LogP contribution in [-0.4, -0.2) is 30.1 Å². The Hall–Kier alpha value is -2.71. The van der Waals surface area contributed by atoms with Gasteiger partial charge in [0, 0.05) is 15.4 Å². The average molecular weight is 461 g/mol. The highest BCUT2D eigenvalue weighted by Crippen LogP contribution is 2.27. The van der Waals surface area contributed by atoms with Gasteiger partial charge < -0.3 is 9.47 Å². The summed E-state index contributed by atoms with van der Waals surface area (Å²) in [5, 5.41) is 4.93. The van der Waals surface area contributed by atoms with Crippen LogP contribution in [0.2, 0.25) is 0 Å². The van der Waals surface area contributed by atoms with Crippen molar-refractivity contribution in [2.24, 2.45) is 0 Å². The molecule has 6 nitrogen and oxygen atoms in total. The van der Waals surface area contributed by atoms with E-state index in [4.69, 9.17) is 9.47 Å². The van der Waals surface area contributed by atoms with Crippen molar-refractivity contribution in [3.8, 4) is 17.0 Å². The van der Waals surface area contributed by atoms with E-state index in [2.05, 4.69) is 26.2 Å². The van der Waals surface area contributed by atoms with Gasteiger partial charge in [0.1, 0.15) is 11.3 Å². The molecule has 0 aliphatic heterocycles. The van der Waals surface area contributed by atoms with E-state index in [0.29, 0.717) is 17.5 Å². The Bertz CT molecular complexity index is 990. The zero-order valence-electron chi connectivity index (χ0n) is 15.0. The van der Waals surface area contributed by atoms with Gasteiger partial charge in [0.05, 0.1) is 12.3 Å². The van der Waals surface area contributed by atoms with Crippen LogP contribution in [-0.2, 0) is 9.53 Å². The van der Waals surface area contributed by atoms with E-state index in [1.54, 1.807) is 24.3 Å². The fourth-order valence-electron chi connectivity index (χ4n) is 2.39. The zero-order valence-corrected chi connectivity index (χ0v) is 17.4. The third kappa shape index (κ3) is 5.17. The number of thiazole rings is 1. The van der Waals surface area contributed by atoms with E-state index in [1.165, 1.54) is 11.3 Å². The first-order valence-electron chi connectivity index (χ1n) is 8.47. The summed E-state index contributed by atoms with van der Waals surface area (Å²) >= 11 is 4.72. The number of carbonyl (C=O) groups is 2. The van der Waals surface area contributed by atoms with Gasteiger partial charge >= 0.3 is 5.97 Å². The monoisotopic (exact) mass is 460 g/mol. The van der Waals surface area contributed by atoms with Gasteiger partial charge in [-0.05, 0) is 31.2 Å². The van der Waals surface area contributed by atoms with E-state index in [-0.39, 0.29) is 5.56 Å². The summed E-state index contributed by atoms with van der Waals surface area (Å²) in [6.45, 7) is 1.84. The predicted octanol–water partition coefficient (Wildman–Crippen LogP) is 4.77. The molecule has 0 unspecified atom stereocenters. The molecule has 0 saturated carbocycles. The number of hydrogen-bond acceptors (Lipinski definition) is 6. The van der Waals surface area contributed by atoms with Gasteiger partial charge in [-0.3, -0.25) is 10.1 Å². The molecule has 1 heterocycles. The van der Waals surface area contributed by atoms with Crippen LogP contribution in [0, 0.1) is 0 Å². The number of esters is 1. The lowest BCUT2D eigenvalue weighted by atomic mass is 10.2. The molecule has 0 atom stereocenters. The number of nitrogens with zero attached hydrogens (tertiary/aromatic N) is 1. The molecular weight excluding hydrogens is 444 g/mol. The minimum atomic E-state index is -0.617. The number of hydrogen-bond donors (Lipinski definition) is 1. The quantitative estimate of drug-likeness (QED) is 0.513. The standard InChI is InChI=1S/C20H17BrN2O4S/c1-2-26-17-9-4-3-8-15(17)19(25)27-11-18(24)23-20-22-16(12-28-20)13-6-5-7-14(21)10-13/h3-10,12H,2,11H2,1H3,(H,22,23,24). The molecule has 0 saturated heterocycles. The number of rotatable bonds is 7. The third-order valence-corrected chi connectivity index (χ3v) is 4.86. The minimum Gasteiger partial charge on any atom is -0.493 e. The predicted molar refractivity (Wildman–Crippen MR) is 112 cm³/mol. The fraction of sp³-hybridized carbons (Fsp3) is 0.150. The number of para-hydroxylation sites is 1. The SMILES string of the molecule is CCOc1ccccc1C(=O)OCC(=O)Nc1nc(-c2cccc(Br)c2)cs1. The molecule has 1 amide bonds. The van der Waals surface area contributed by atoms with E-state index >= 15 is 0 Å². The molecule has 28 heavy (non-hydrogen) atoms. The molecule has 0 bridgehead atoms. The smallest absolute Gasteiger partial charge is 0.342 e. The van der Waals surface area contributed by atoms with Crippen molar-refractivity contribution >= 4 is 44.3 Å². The van der Waals surface area contributed by atoms with Crippen molar-refractivity contribution in [2.75, 3.05) is 18.5 Å². The van der Waals surface area contributed by atoms with Crippen LogP contribution in [0.3, 0.4) is 0 Å². The maximum absolute atomic E-state index is 12.2. The average Bonchev–Trinajstić information content (AvgIpc) is 3.15. The van der Waals surface area contributed by atoms with E-state index in [1.807, 2.05) is 36.6 Å². The summed E-state index contributed by atoms with van der Waals surface area (Å²) in [5.41, 5.74) is 1.97. The van der Waals surface area contributed by atoms with Crippen LogP contribution in [0.5, 0.6) is 5.75 Å². The number of amides is 1. The van der Waals surface area contributed by atoms with Gasteiger partial charge in [0.15, 0.2) is 11.7 Å². The first-order valence-corrected chi connectivity index (χ1v) is 10.1. The van der Waals surface area contributed by atoms with Gasteiger partial charge in [-0.1, -0.05) is 40.2 Å². The van der Waals surface area contributed by atoms with Crippen molar-refractivity contribution in [3.05, 3.63) is 63.9 Å².